The van der Waals surface area contributed by atoms with Crippen molar-refractivity contribution in [1.82, 2.24) is 14.5 Å². The van der Waals surface area contributed by atoms with E-state index < -0.39 is 6.85 Å². The maximum absolute atomic E-state index is 11.3. The van der Waals surface area contributed by atoms with Crippen LogP contribution in [0.2, 0.25) is 0 Å². The molecule has 54 heavy (non-hydrogen) atoms. The monoisotopic (exact) mass is 878 g/mol. The van der Waals surface area contributed by atoms with E-state index in [9.17, 15) is 5.11 Å². The third-order valence-electron chi connectivity index (χ3n) is 9.56. The van der Waals surface area contributed by atoms with Crippen LogP contribution >= 0.6 is 0 Å². The number of phenols is 1. The number of phenolic OH excluding ortho intramolecular Hbond substituents is 1. The van der Waals surface area contributed by atoms with E-state index in [0.29, 0.717) is 16.9 Å². The topological polar surface area (TPSA) is 50.9 Å². The summed E-state index contributed by atoms with van der Waals surface area (Å²) in [5.74, 6) is 0.594. The molecule has 9 aromatic rings. The van der Waals surface area contributed by atoms with E-state index in [4.69, 9.17) is 14.1 Å². The smallest absolute Gasteiger partial charge is 0.148 e. The first-order chi connectivity index (χ1) is 27.3. The molecule has 0 saturated carbocycles. The maximum Gasteiger partial charge on any atom is 0.148 e. The number of rotatable bonds is 7. The van der Waals surface area contributed by atoms with Crippen molar-refractivity contribution in [3.05, 3.63) is 194 Å². The summed E-state index contributed by atoms with van der Waals surface area (Å²) in [6, 6.07) is 60.8. The number of imidazole rings is 1. The Morgan fingerprint density at radius 1 is 0.556 bits per heavy atom. The summed E-state index contributed by atoms with van der Waals surface area (Å²) >= 11 is 0. The quantitative estimate of drug-likeness (QED) is 0.162. The SMILES string of the molecule is [2H]C([2H])([2H])c1ccc(-n2c(-c3ccccc3O)nc3c(-c4[c-]c(-c5cc(-c6ccccc6)ccn5)cc(-c5ccccc5)c4)cccc32)c(-c2ccccc2)c1.[Pt]. The van der Waals surface area contributed by atoms with Crippen LogP contribution in [0.5, 0.6) is 5.75 Å². The zero-order chi connectivity index (χ0) is 38.2. The molecule has 0 aliphatic carbocycles. The van der Waals surface area contributed by atoms with Crippen molar-refractivity contribution in [2.45, 2.75) is 6.85 Å². The van der Waals surface area contributed by atoms with E-state index in [-0.39, 0.29) is 32.4 Å². The van der Waals surface area contributed by atoms with Crippen LogP contribution in [0.15, 0.2) is 182 Å². The van der Waals surface area contributed by atoms with Gasteiger partial charge in [0, 0.05) is 42.6 Å². The van der Waals surface area contributed by atoms with Crippen LogP contribution < -0.4 is 0 Å². The summed E-state index contributed by atoms with van der Waals surface area (Å²) in [7, 11) is 0. The van der Waals surface area contributed by atoms with Crippen molar-refractivity contribution in [2.75, 3.05) is 0 Å². The fourth-order valence-corrected chi connectivity index (χ4v) is 7.02. The molecule has 2 aromatic heterocycles. The second-order valence-electron chi connectivity index (χ2n) is 12.9. The largest absolute Gasteiger partial charge is 0.507 e. The number of nitrogens with zero attached hydrogens (tertiary/aromatic N) is 3. The molecule has 262 valence electrons. The molecule has 5 heteroatoms. The Morgan fingerprint density at radius 2 is 1.20 bits per heavy atom. The number of pyridine rings is 1. The van der Waals surface area contributed by atoms with Crippen LogP contribution in [-0.4, -0.2) is 19.6 Å². The first-order valence-corrected chi connectivity index (χ1v) is 17.5. The molecule has 0 fully saturated rings. The number of para-hydroxylation sites is 2. The summed E-state index contributed by atoms with van der Waals surface area (Å²) in [5.41, 5.74) is 12.1. The van der Waals surface area contributed by atoms with Gasteiger partial charge in [0.25, 0.3) is 0 Å². The second-order valence-corrected chi connectivity index (χ2v) is 12.9. The summed E-state index contributed by atoms with van der Waals surface area (Å²) in [6.45, 7) is -2.31. The molecule has 0 atom stereocenters. The molecule has 4 nitrogen and oxygen atoms in total. The van der Waals surface area contributed by atoms with Gasteiger partial charge in [-0.25, -0.2) is 4.98 Å². The number of aryl methyl sites for hydroxylation is 1. The predicted octanol–water partition coefficient (Wildman–Crippen LogP) is 12.2. The Bertz CT molecular complexity index is 2860. The van der Waals surface area contributed by atoms with E-state index in [1.54, 1.807) is 24.3 Å². The predicted molar refractivity (Wildman–Crippen MR) is 217 cm³/mol. The third kappa shape index (κ3) is 6.57. The molecule has 1 N–H and O–H groups in total. The Morgan fingerprint density at radius 3 is 1.93 bits per heavy atom. The zero-order valence-electron chi connectivity index (χ0n) is 31.9. The Hall–Kier alpha value is -6.35. The first kappa shape index (κ1) is 31.2. The third-order valence-corrected chi connectivity index (χ3v) is 9.56. The normalized spacial score (nSPS) is 12.0. The van der Waals surface area contributed by atoms with Crippen molar-refractivity contribution in [1.29, 1.82) is 0 Å². The van der Waals surface area contributed by atoms with Gasteiger partial charge >= 0.3 is 0 Å². The molecular formula is C49H34N3OPt-. The molecule has 0 aliphatic heterocycles. The fourth-order valence-electron chi connectivity index (χ4n) is 7.02. The number of hydrogen-bond acceptors (Lipinski definition) is 3. The molecule has 9 rings (SSSR count). The molecule has 0 spiro atoms. The van der Waals surface area contributed by atoms with Gasteiger partial charge in [-0.1, -0.05) is 150 Å². The Balaban J connectivity index is 0.00000455. The van der Waals surface area contributed by atoms with E-state index >= 15 is 0 Å². The summed E-state index contributed by atoms with van der Waals surface area (Å²) in [6.07, 6.45) is 1.84. The zero-order valence-corrected chi connectivity index (χ0v) is 31.2. The number of fused-ring (bicyclic) bond motifs is 1. The van der Waals surface area contributed by atoms with Crippen molar-refractivity contribution in [3.63, 3.8) is 0 Å². The van der Waals surface area contributed by atoms with Crippen LogP contribution in [-0.2, 0) is 21.1 Å². The van der Waals surface area contributed by atoms with E-state index in [2.05, 4.69) is 48.5 Å². The second kappa shape index (κ2) is 14.9. The number of benzene rings is 7. The first-order valence-electron chi connectivity index (χ1n) is 19.0. The van der Waals surface area contributed by atoms with Crippen molar-refractivity contribution in [3.8, 4) is 78.6 Å². The van der Waals surface area contributed by atoms with E-state index in [0.717, 1.165) is 67.0 Å². The van der Waals surface area contributed by atoms with Crippen LogP contribution in [0.4, 0.5) is 0 Å². The van der Waals surface area contributed by atoms with Gasteiger partial charge in [-0.05, 0) is 65.5 Å². The van der Waals surface area contributed by atoms with Gasteiger partial charge in [-0.15, -0.1) is 23.8 Å². The van der Waals surface area contributed by atoms with Crippen LogP contribution in [0, 0.1) is 12.9 Å². The van der Waals surface area contributed by atoms with Gasteiger partial charge < -0.3 is 5.11 Å². The molecule has 0 bridgehead atoms. The minimum atomic E-state index is -2.31. The van der Waals surface area contributed by atoms with Gasteiger partial charge in [0.1, 0.15) is 11.6 Å². The number of aromatic hydroxyl groups is 1. The van der Waals surface area contributed by atoms with Crippen molar-refractivity contribution in [2.24, 2.45) is 0 Å². The minimum Gasteiger partial charge on any atom is -0.507 e. The van der Waals surface area contributed by atoms with Crippen LogP contribution in [0.1, 0.15) is 9.68 Å². The van der Waals surface area contributed by atoms with Crippen LogP contribution in [0.3, 0.4) is 0 Å². The minimum absolute atomic E-state index is 0. The Labute approximate surface area is 333 Å². The maximum atomic E-state index is 11.3. The van der Waals surface area contributed by atoms with Gasteiger partial charge in [-0.3, -0.25) is 9.55 Å². The van der Waals surface area contributed by atoms with Gasteiger partial charge in [0.15, 0.2) is 0 Å². The van der Waals surface area contributed by atoms with Gasteiger partial charge in [-0.2, -0.15) is 0 Å². The van der Waals surface area contributed by atoms with Crippen molar-refractivity contribution >= 4 is 11.0 Å². The van der Waals surface area contributed by atoms with Gasteiger partial charge in [0.05, 0.1) is 22.3 Å². The molecule has 0 saturated heterocycles. The Kier molecular flexibility index (Phi) is 8.63. The van der Waals surface area contributed by atoms with E-state index in [1.165, 1.54) is 0 Å². The molecule has 0 radical (unpaired) electrons. The summed E-state index contributed by atoms with van der Waals surface area (Å²) in [5, 5.41) is 11.3. The van der Waals surface area contributed by atoms with Crippen molar-refractivity contribution < 1.29 is 30.3 Å². The summed E-state index contributed by atoms with van der Waals surface area (Å²) in [4.78, 5) is 10.1. The number of aromatic nitrogens is 3. The average Bonchev–Trinajstić information content (AvgIpc) is 3.63. The van der Waals surface area contributed by atoms with Crippen LogP contribution in [0.25, 0.3) is 83.9 Å². The average molecular weight is 879 g/mol. The standard InChI is InChI=1S/C49H34N3O.Pt/c1-33-24-25-45(43(28-33)36-18-9-4-10-19-36)52-46-22-13-21-41(48(46)51-49(52)42-20-11-12-23-47(42)53)39-29-38(35-16-7-3-8-17-35)30-40(31-39)44-32-37(26-27-50-44)34-14-5-2-6-15-34;/h2-30,32,53H,1H3;/q-1;/i1D3;. The van der Waals surface area contributed by atoms with Gasteiger partial charge in [0.2, 0.25) is 0 Å². The molecule has 0 unspecified atom stereocenters. The molecule has 2 heterocycles. The summed E-state index contributed by atoms with van der Waals surface area (Å²) < 4.78 is 26.7. The molecule has 0 aliphatic rings. The fraction of sp³-hybridized carbons (Fsp3) is 0.0204. The number of hydrogen-bond donors (Lipinski definition) is 1. The van der Waals surface area contributed by atoms with E-state index in [1.807, 2.05) is 120 Å². The molecular weight excluding hydrogens is 842 g/mol. The molecule has 7 aromatic carbocycles. The molecule has 0 amide bonds.